The first-order valence-corrected chi connectivity index (χ1v) is 6.40. The van der Waals surface area contributed by atoms with E-state index < -0.39 is 0 Å². The monoisotopic (exact) mass is 257 g/mol. The van der Waals surface area contributed by atoms with Gasteiger partial charge in [-0.15, -0.1) is 11.6 Å². The third-order valence-corrected chi connectivity index (χ3v) is 2.83. The van der Waals surface area contributed by atoms with Crippen LogP contribution in [0.5, 0.6) is 0 Å². The van der Waals surface area contributed by atoms with Crippen molar-refractivity contribution in [3.63, 3.8) is 0 Å². The molecule has 0 radical (unpaired) electrons. The summed E-state index contributed by atoms with van der Waals surface area (Å²) in [6.45, 7) is 4.61. The van der Waals surface area contributed by atoms with Crippen molar-refractivity contribution >= 4 is 17.5 Å². The fourth-order valence-electron chi connectivity index (χ4n) is 1.84. The Bertz CT molecular complexity index is 440. The molecular weight excluding hydrogens is 238 g/mol. The maximum atomic E-state index is 12.3. The van der Waals surface area contributed by atoms with Gasteiger partial charge in [0.05, 0.1) is 0 Å². The van der Waals surface area contributed by atoms with E-state index in [9.17, 15) is 4.79 Å². The zero-order valence-corrected chi connectivity index (χ0v) is 11.7. The number of aromatic nitrogens is 2. The second kappa shape index (κ2) is 6.05. The highest BCUT2D eigenvalue weighted by molar-refractivity contribution is 6.17. The van der Waals surface area contributed by atoms with E-state index in [2.05, 4.69) is 4.98 Å². The molecule has 0 atom stereocenters. The van der Waals surface area contributed by atoms with Crippen molar-refractivity contribution in [2.24, 2.45) is 0 Å². The van der Waals surface area contributed by atoms with Crippen LogP contribution in [-0.2, 0) is 13.0 Å². The summed E-state index contributed by atoms with van der Waals surface area (Å²) in [6.07, 6.45) is 1.49. The molecule has 0 N–H and O–H groups in total. The SMILES string of the molecule is CCCn1c(N(C)C)nc(C)c(CCCl)c1=O. The molecule has 17 heavy (non-hydrogen) atoms. The molecule has 4 nitrogen and oxygen atoms in total. The highest BCUT2D eigenvalue weighted by Crippen LogP contribution is 2.11. The van der Waals surface area contributed by atoms with Gasteiger partial charge in [0, 0.05) is 37.8 Å². The third kappa shape index (κ3) is 3.00. The van der Waals surface area contributed by atoms with E-state index in [-0.39, 0.29) is 5.56 Å². The van der Waals surface area contributed by atoms with Crippen molar-refractivity contribution < 1.29 is 0 Å². The summed E-state index contributed by atoms with van der Waals surface area (Å²) in [7, 11) is 3.79. The van der Waals surface area contributed by atoms with E-state index >= 15 is 0 Å². The second-order valence-corrected chi connectivity index (χ2v) is 4.64. The predicted molar refractivity (Wildman–Crippen MR) is 72.3 cm³/mol. The predicted octanol–water partition coefficient (Wildman–Crippen LogP) is 1.81. The lowest BCUT2D eigenvalue weighted by atomic mass is 10.2. The Morgan fingerprint density at radius 1 is 1.41 bits per heavy atom. The first-order valence-electron chi connectivity index (χ1n) is 5.86. The van der Waals surface area contributed by atoms with Crippen LogP contribution in [0, 0.1) is 6.92 Å². The van der Waals surface area contributed by atoms with Gasteiger partial charge in [-0.2, -0.15) is 0 Å². The lowest BCUT2D eigenvalue weighted by Crippen LogP contribution is -2.32. The molecule has 1 heterocycles. The summed E-state index contributed by atoms with van der Waals surface area (Å²) in [6, 6.07) is 0. The van der Waals surface area contributed by atoms with Crippen LogP contribution < -0.4 is 10.5 Å². The molecule has 5 heteroatoms. The number of nitrogens with zero attached hydrogens (tertiary/aromatic N) is 3. The van der Waals surface area contributed by atoms with Crippen molar-refractivity contribution in [2.45, 2.75) is 33.2 Å². The number of hydrogen-bond donors (Lipinski definition) is 0. The minimum Gasteiger partial charge on any atom is -0.348 e. The maximum absolute atomic E-state index is 12.3. The van der Waals surface area contributed by atoms with Crippen LogP contribution in [0.2, 0.25) is 0 Å². The van der Waals surface area contributed by atoms with E-state index in [1.807, 2.05) is 32.8 Å². The zero-order chi connectivity index (χ0) is 13.0. The highest BCUT2D eigenvalue weighted by Gasteiger charge is 2.14. The Morgan fingerprint density at radius 3 is 2.53 bits per heavy atom. The van der Waals surface area contributed by atoms with E-state index in [0.717, 1.165) is 17.7 Å². The Kier molecular flexibility index (Phi) is 5.00. The summed E-state index contributed by atoms with van der Waals surface area (Å²) in [5, 5.41) is 0. The van der Waals surface area contributed by atoms with Crippen LogP contribution in [0.1, 0.15) is 24.6 Å². The maximum Gasteiger partial charge on any atom is 0.258 e. The Hall–Kier alpha value is -1.03. The molecule has 0 aromatic carbocycles. The molecule has 0 fully saturated rings. The van der Waals surface area contributed by atoms with Gasteiger partial charge in [0.25, 0.3) is 5.56 Å². The topological polar surface area (TPSA) is 38.1 Å². The van der Waals surface area contributed by atoms with Gasteiger partial charge in [0.15, 0.2) is 0 Å². The number of alkyl halides is 1. The van der Waals surface area contributed by atoms with Gasteiger partial charge in [-0.3, -0.25) is 9.36 Å². The largest absolute Gasteiger partial charge is 0.348 e. The molecule has 0 unspecified atom stereocenters. The first kappa shape index (κ1) is 14.0. The van der Waals surface area contributed by atoms with Gasteiger partial charge in [0.1, 0.15) is 0 Å². The van der Waals surface area contributed by atoms with Crippen LogP contribution in [0.25, 0.3) is 0 Å². The molecule has 0 aliphatic heterocycles. The quantitative estimate of drug-likeness (QED) is 0.755. The van der Waals surface area contributed by atoms with Crippen LogP contribution in [0.4, 0.5) is 5.95 Å². The number of hydrogen-bond acceptors (Lipinski definition) is 3. The van der Waals surface area contributed by atoms with Gasteiger partial charge >= 0.3 is 0 Å². The molecule has 1 aromatic rings. The summed E-state index contributed by atoms with van der Waals surface area (Å²) in [5.74, 6) is 1.17. The minimum atomic E-state index is 0.0451. The first-order chi connectivity index (χ1) is 8.02. The molecule has 1 rings (SSSR count). The van der Waals surface area contributed by atoms with Gasteiger partial charge in [0.2, 0.25) is 5.95 Å². The smallest absolute Gasteiger partial charge is 0.258 e. The number of anilines is 1. The van der Waals surface area contributed by atoms with Crippen molar-refractivity contribution in [3.05, 3.63) is 21.6 Å². The minimum absolute atomic E-state index is 0.0451. The zero-order valence-electron chi connectivity index (χ0n) is 11.0. The van der Waals surface area contributed by atoms with E-state index in [1.165, 1.54) is 0 Å². The van der Waals surface area contributed by atoms with E-state index in [0.29, 0.717) is 24.8 Å². The molecule has 0 spiro atoms. The van der Waals surface area contributed by atoms with Crippen LogP contribution in [0.3, 0.4) is 0 Å². The summed E-state index contributed by atoms with van der Waals surface area (Å²) in [4.78, 5) is 18.7. The third-order valence-electron chi connectivity index (χ3n) is 2.64. The second-order valence-electron chi connectivity index (χ2n) is 4.27. The molecule has 0 aliphatic carbocycles. The van der Waals surface area contributed by atoms with Gasteiger partial charge in [-0.05, 0) is 19.8 Å². The van der Waals surface area contributed by atoms with Gasteiger partial charge < -0.3 is 4.90 Å². The van der Waals surface area contributed by atoms with Crippen molar-refractivity contribution in [2.75, 3.05) is 24.9 Å². The Morgan fingerprint density at radius 2 is 2.06 bits per heavy atom. The average Bonchev–Trinajstić information content (AvgIpc) is 2.27. The standard InChI is InChI=1S/C12H20ClN3O/c1-5-8-16-11(17)10(6-7-13)9(2)14-12(16)15(3)4/h5-8H2,1-4H3. The number of halogens is 1. The van der Waals surface area contributed by atoms with Crippen LogP contribution in [0.15, 0.2) is 4.79 Å². The van der Waals surface area contributed by atoms with Gasteiger partial charge in [-0.25, -0.2) is 4.98 Å². The normalized spacial score (nSPS) is 10.6. The molecule has 0 saturated heterocycles. The molecule has 0 saturated carbocycles. The molecule has 96 valence electrons. The lowest BCUT2D eigenvalue weighted by molar-refractivity contribution is 0.625. The molecule has 0 amide bonds. The van der Waals surface area contributed by atoms with E-state index in [4.69, 9.17) is 11.6 Å². The van der Waals surface area contributed by atoms with Crippen LogP contribution in [-0.4, -0.2) is 29.5 Å². The fraction of sp³-hybridized carbons (Fsp3) is 0.667. The molecule has 0 aliphatic rings. The average molecular weight is 258 g/mol. The van der Waals surface area contributed by atoms with E-state index in [1.54, 1.807) is 4.57 Å². The summed E-state index contributed by atoms with van der Waals surface area (Å²) >= 11 is 5.73. The summed E-state index contributed by atoms with van der Waals surface area (Å²) < 4.78 is 1.73. The number of aryl methyl sites for hydroxylation is 1. The van der Waals surface area contributed by atoms with Crippen LogP contribution >= 0.6 is 11.6 Å². The molecular formula is C12H20ClN3O. The molecule has 0 bridgehead atoms. The number of rotatable bonds is 5. The summed E-state index contributed by atoms with van der Waals surface area (Å²) in [5.41, 5.74) is 1.56. The Balaban J connectivity index is 3.41. The molecule has 1 aromatic heterocycles. The Labute approximate surface area is 107 Å². The van der Waals surface area contributed by atoms with Crippen molar-refractivity contribution in [3.8, 4) is 0 Å². The highest BCUT2D eigenvalue weighted by atomic mass is 35.5. The van der Waals surface area contributed by atoms with Gasteiger partial charge in [-0.1, -0.05) is 6.92 Å². The lowest BCUT2D eigenvalue weighted by Gasteiger charge is -2.19. The van der Waals surface area contributed by atoms with Crippen molar-refractivity contribution in [1.29, 1.82) is 0 Å². The fourth-order valence-corrected chi connectivity index (χ4v) is 2.02. The van der Waals surface area contributed by atoms with Crippen molar-refractivity contribution in [1.82, 2.24) is 9.55 Å².